The highest BCUT2D eigenvalue weighted by Crippen LogP contribution is 2.29. The molecule has 0 aliphatic rings. The fraction of sp³-hybridized carbons (Fsp3) is 0.0588. The number of aromatic amines is 1. The quantitative estimate of drug-likeness (QED) is 0.745. The lowest BCUT2D eigenvalue weighted by molar-refractivity contribution is -0.137. The van der Waals surface area contributed by atoms with Gasteiger partial charge in [-0.1, -0.05) is 24.3 Å². The Bertz CT molecular complexity index is 925. The van der Waals surface area contributed by atoms with Crippen LogP contribution in [0.15, 0.2) is 42.5 Å². The number of nitrogens with one attached hydrogen (secondary N) is 1. The van der Waals surface area contributed by atoms with E-state index in [4.69, 9.17) is 5.11 Å². The highest BCUT2D eigenvalue weighted by Gasteiger charge is 2.29. The molecule has 2 N–H and O–H groups in total. The Kier molecular flexibility index (Phi) is 3.84. The predicted octanol–water partition coefficient (Wildman–Crippen LogP) is 4.45. The minimum Gasteiger partial charge on any atom is -0.478 e. The van der Waals surface area contributed by atoms with Gasteiger partial charge in [0, 0.05) is 0 Å². The van der Waals surface area contributed by atoms with Crippen molar-refractivity contribution in [3.05, 3.63) is 65.0 Å². The van der Waals surface area contributed by atoms with Gasteiger partial charge in [-0.3, -0.25) is 0 Å². The Balaban J connectivity index is 1.88. The summed E-state index contributed by atoms with van der Waals surface area (Å²) in [5, 5.41) is 9.13. The van der Waals surface area contributed by atoms with Crippen molar-refractivity contribution in [3.8, 4) is 0 Å². The van der Waals surface area contributed by atoms with Crippen LogP contribution in [0.1, 0.15) is 27.3 Å². The Morgan fingerprint density at radius 1 is 1.08 bits per heavy atom. The minimum absolute atomic E-state index is 0.0814. The summed E-state index contributed by atoms with van der Waals surface area (Å²) in [5.74, 6) is -0.663. The second-order valence-electron chi connectivity index (χ2n) is 5.08. The highest BCUT2D eigenvalue weighted by molar-refractivity contribution is 6.01. The zero-order chi connectivity index (χ0) is 17.3. The standard InChI is InChI=1S/C17H11F3N2O2/c18-17(19,20)11-7-4-10(5-8-11)6-9-14-21-13-3-1-2-12(16(23)24)15(13)22-14/h1-9H,(H,21,22)(H,23,24)/b9-6+. The van der Waals surface area contributed by atoms with E-state index in [0.29, 0.717) is 22.4 Å². The molecule has 24 heavy (non-hydrogen) atoms. The van der Waals surface area contributed by atoms with Crippen molar-refractivity contribution in [2.24, 2.45) is 0 Å². The lowest BCUT2D eigenvalue weighted by Crippen LogP contribution is -2.03. The maximum atomic E-state index is 12.5. The Labute approximate surface area is 134 Å². The molecule has 0 atom stereocenters. The van der Waals surface area contributed by atoms with Crippen molar-refractivity contribution in [2.45, 2.75) is 6.18 Å². The van der Waals surface area contributed by atoms with Gasteiger partial charge < -0.3 is 10.1 Å². The number of nitrogens with zero attached hydrogens (tertiary/aromatic N) is 1. The van der Waals surface area contributed by atoms with Gasteiger partial charge in [-0.25, -0.2) is 9.78 Å². The molecule has 4 nitrogen and oxygen atoms in total. The van der Waals surface area contributed by atoms with Gasteiger partial charge in [-0.05, 0) is 35.9 Å². The monoisotopic (exact) mass is 332 g/mol. The van der Waals surface area contributed by atoms with Crippen molar-refractivity contribution in [1.29, 1.82) is 0 Å². The first-order valence-corrected chi connectivity index (χ1v) is 6.92. The molecule has 0 aliphatic heterocycles. The third-order valence-electron chi connectivity index (χ3n) is 3.43. The number of hydrogen-bond donors (Lipinski definition) is 2. The van der Waals surface area contributed by atoms with Gasteiger partial charge in [0.15, 0.2) is 0 Å². The summed E-state index contributed by atoms with van der Waals surface area (Å²) in [4.78, 5) is 18.3. The number of carbonyl (C=O) groups is 1. The van der Waals surface area contributed by atoms with Gasteiger partial charge >= 0.3 is 12.1 Å². The van der Waals surface area contributed by atoms with Crippen LogP contribution in [0.25, 0.3) is 23.2 Å². The number of hydrogen-bond acceptors (Lipinski definition) is 2. The van der Waals surface area contributed by atoms with Gasteiger partial charge in [0.1, 0.15) is 11.3 Å². The smallest absolute Gasteiger partial charge is 0.416 e. The summed E-state index contributed by atoms with van der Waals surface area (Å²) >= 11 is 0. The van der Waals surface area contributed by atoms with E-state index in [-0.39, 0.29) is 5.56 Å². The Morgan fingerprint density at radius 3 is 2.42 bits per heavy atom. The van der Waals surface area contributed by atoms with E-state index in [2.05, 4.69) is 9.97 Å². The predicted molar refractivity (Wildman–Crippen MR) is 83.4 cm³/mol. The molecule has 1 aromatic heterocycles. The summed E-state index contributed by atoms with van der Waals surface area (Å²) in [6.45, 7) is 0. The number of rotatable bonds is 3. The molecular weight excluding hydrogens is 321 g/mol. The fourth-order valence-electron chi connectivity index (χ4n) is 2.26. The average Bonchev–Trinajstić information content (AvgIpc) is 2.95. The van der Waals surface area contributed by atoms with Gasteiger partial charge in [0.05, 0.1) is 16.6 Å². The number of halogens is 3. The van der Waals surface area contributed by atoms with Crippen molar-refractivity contribution in [3.63, 3.8) is 0 Å². The number of fused-ring (bicyclic) bond motifs is 1. The lowest BCUT2D eigenvalue weighted by Gasteiger charge is -2.05. The molecule has 0 fully saturated rings. The van der Waals surface area contributed by atoms with Crippen LogP contribution in [0, 0.1) is 0 Å². The Hall–Kier alpha value is -3.09. The zero-order valence-electron chi connectivity index (χ0n) is 12.1. The van der Waals surface area contributed by atoms with E-state index in [1.807, 2.05) is 0 Å². The van der Waals surface area contributed by atoms with Gasteiger partial charge in [0.25, 0.3) is 0 Å². The lowest BCUT2D eigenvalue weighted by atomic mass is 10.1. The number of aromatic nitrogens is 2. The van der Waals surface area contributed by atoms with E-state index < -0.39 is 17.7 Å². The SMILES string of the molecule is O=C(O)c1cccc2[nH]c(/C=C/c3ccc(C(F)(F)F)cc3)nc12. The molecule has 1 heterocycles. The van der Waals surface area contributed by atoms with Crippen molar-refractivity contribution in [1.82, 2.24) is 9.97 Å². The molecule has 0 amide bonds. The largest absolute Gasteiger partial charge is 0.478 e. The van der Waals surface area contributed by atoms with Crippen LogP contribution < -0.4 is 0 Å². The molecule has 122 valence electrons. The summed E-state index contributed by atoms with van der Waals surface area (Å²) in [5.41, 5.74) is 0.841. The van der Waals surface area contributed by atoms with E-state index in [0.717, 1.165) is 12.1 Å². The van der Waals surface area contributed by atoms with E-state index in [1.165, 1.54) is 18.2 Å². The van der Waals surface area contributed by atoms with Crippen molar-refractivity contribution in [2.75, 3.05) is 0 Å². The number of H-pyrrole nitrogens is 1. The molecule has 0 aliphatic carbocycles. The first-order chi connectivity index (χ1) is 11.3. The first-order valence-electron chi connectivity index (χ1n) is 6.92. The molecule has 0 spiro atoms. The molecule has 2 aromatic carbocycles. The van der Waals surface area contributed by atoms with Crippen LogP contribution in [0.2, 0.25) is 0 Å². The van der Waals surface area contributed by atoms with Crippen LogP contribution in [-0.2, 0) is 6.18 Å². The van der Waals surface area contributed by atoms with Crippen molar-refractivity contribution < 1.29 is 23.1 Å². The topological polar surface area (TPSA) is 66.0 Å². The number of benzene rings is 2. The molecule has 0 radical (unpaired) electrons. The number of aromatic carboxylic acids is 1. The van der Waals surface area contributed by atoms with E-state index in [9.17, 15) is 18.0 Å². The molecule has 0 unspecified atom stereocenters. The fourth-order valence-corrected chi connectivity index (χ4v) is 2.26. The van der Waals surface area contributed by atoms with Crippen molar-refractivity contribution >= 4 is 29.2 Å². The number of carboxylic acid groups (broad SMARTS) is 1. The maximum absolute atomic E-state index is 12.5. The third kappa shape index (κ3) is 3.15. The van der Waals surface area contributed by atoms with E-state index >= 15 is 0 Å². The third-order valence-corrected chi connectivity index (χ3v) is 3.43. The second kappa shape index (κ2) is 5.84. The molecule has 7 heteroatoms. The number of alkyl halides is 3. The summed E-state index contributed by atoms with van der Waals surface area (Å²) in [6.07, 6.45) is -1.19. The van der Waals surface area contributed by atoms with Gasteiger partial charge in [-0.15, -0.1) is 0 Å². The van der Waals surface area contributed by atoms with Crippen LogP contribution in [-0.4, -0.2) is 21.0 Å². The molecule has 3 aromatic rings. The number of carboxylic acids is 1. The highest BCUT2D eigenvalue weighted by atomic mass is 19.4. The summed E-state index contributed by atoms with van der Waals surface area (Å²) < 4.78 is 37.5. The number of para-hydroxylation sites is 1. The Morgan fingerprint density at radius 2 is 1.79 bits per heavy atom. The minimum atomic E-state index is -4.37. The van der Waals surface area contributed by atoms with Crippen LogP contribution in [0.5, 0.6) is 0 Å². The van der Waals surface area contributed by atoms with E-state index in [1.54, 1.807) is 24.3 Å². The molecule has 0 saturated carbocycles. The average molecular weight is 332 g/mol. The maximum Gasteiger partial charge on any atom is 0.416 e. The van der Waals surface area contributed by atoms with Crippen LogP contribution in [0.3, 0.4) is 0 Å². The second-order valence-corrected chi connectivity index (χ2v) is 5.08. The van der Waals surface area contributed by atoms with Gasteiger partial charge in [-0.2, -0.15) is 13.2 Å². The first kappa shape index (κ1) is 15.8. The summed E-state index contributed by atoms with van der Waals surface area (Å²) in [7, 11) is 0. The molecule has 0 saturated heterocycles. The van der Waals surface area contributed by atoms with Crippen LogP contribution >= 0.6 is 0 Å². The normalized spacial score (nSPS) is 12.1. The molecular formula is C17H11F3N2O2. The molecule has 0 bridgehead atoms. The zero-order valence-corrected chi connectivity index (χ0v) is 12.1. The summed E-state index contributed by atoms with van der Waals surface area (Å²) in [6, 6.07) is 9.46. The van der Waals surface area contributed by atoms with Crippen LogP contribution in [0.4, 0.5) is 13.2 Å². The molecule has 3 rings (SSSR count). The van der Waals surface area contributed by atoms with Gasteiger partial charge in [0.2, 0.25) is 0 Å². The number of imidazole rings is 1.